The van der Waals surface area contributed by atoms with Crippen LogP contribution < -0.4 is 0 Å². The van der Waals surface area contributed by atoms with E-state index in [0.717, 1.165) is 66.4 Å². The molecule has 3 nitrogen and oxygen atoms in total. The quantitative estimate of drug-likeness (QED) is 0.193. The highest BCUT2D eigenvalue weighted by atomic mass is 32.2. The van der Waals surface area contributed by atoms with Crippen LogP contribution in [-0.4, -0.2) is 13.0 Å². The molecule has 1 spiro atoms. The summed E-state index contributed by atoms with van der Waals surface area (Å²) in [5.41, 5.74) is 10.7. The molecule has 47 heavy (non-hydrogen) atoms. The molecule has 10 rings (SSSR count). The number of hydrogen-bond acceptors (Lipinski definition) is 2. The maximum absolute atomic E-state index is 14.7. The minimum Gasteiger partial charge on any atom is -0.309 e. The van der Waals surface area contributed by atoms with Gasteiger partial charge in [0.2, 0.25) is 9.84 Å². The predicted molar refractivity (Wildman–Crippen MR) is 189 cm³/mol. The summed E-state index contributed by atoms with van der Waals surface area (Å²) < 4.78 is 31.6. The van der Waals surface area contributed by atoms with E-state index in [4.69, 9.17) is 0 Å². The van der Waals surface area contributed by atoms with E-state index in [9.17, 15) is 8.42 Å². The van der Waals surface area contributed by atoms with Crippen molar-refractivity contribution in [1.82, 2.24) is 4.57 Å². The lowest BCUT2D eigenvalue weighted by molar-refractivity contribution is 0.581. The van der Waals surface area contributed by atoms with E-state index in [0.29, 0.717) is 9.79 Å². The first-order valence-corrected chi connectivity index (χ1v) is 17.3. The molecule has 1 aromatic heterocycles. The molecule has 0 atom stereocenters. The van der Waals surface area contributed by atoms with Gasteiger partial charge in [-0.15, -0.1) is 0 Å². The van der Waals surface area contributed by atoms with Crippen LogP contribution in [0.15, 0.2) is 174 Å². The maximum atomic E-state index is 14.7. The first kappa shape index (κ1) is 26.5. The Hall–Kier alpha value is -5.71. The lowest BCUT2D eigenvalue weighted by Crippen LogP contribution is -2.36. The highest BCUT2D eigenvalue weighted by molar-refractivity contribution is 7.91. The largest absolute Gasteiger partial charge is 0.309 e. The van der Waals surface area contributed by atoms with E-state index in [-0.39, 0.29) is 0 Å². The van der Waals surface area contributed by atoms with Gasteiger partial charge in [0, 0.05) is 22.0 Å². The number of para-hydroxylation sites is 1. The van der Waals surface area contributed by atoms with Crippen molar-refractivity contribution >= 4 is 31.6 Å². The van der Waals surface area contributed by atoms with Gasteiger partial charge in [-0.3, -0.25) is 0 Å². The monoisotopic (exact) mass is 621 g/mol. The molecule has 7 aromatic carbocycles. The topological polar surface area (TPSA) is 39.1 Å². The zero-order valence-electron chi connectivity index (χ0n) is 25.3. The van der Waals surface area contributed by atoms with Gasteiger partial charge in [-0.25, -0.2) is 8.42 Å². The minimum absolute atomic E-state index is 0.373. The second-order valence-electron chi connectivity index (χ2n) is 12.4. The van der Waals surface area contributed by atoms with Crippen LogP contribution in [0.1, 0.15) is 22.3 Å². The Morgan fingerprint density at radius 3 is 1.74 bits per heavy atom. The van der Waals surface area contributed by atoms with Crippen molar-refractivity contribution in [2.45, 2.75) is 15.2 Å². The van der Waals surface area contributed by atoms with Crippen LogP contribution >= 0.6 is 0 Å². The molecule has 0 saturated heterocycles. The second-order valence-corrected chi connectivity index (χ2v) is 14.3. The fourth-order valence-corrected chi connectivity index (χ4v) is 10.2. The summed E-state index contributed by atoms with van der Waals surface area (Å²) in [4.78, 5) is 0.746. The van der Waals surface area contributed by atoms with Crippen molar-refractivity contribution in [1.29, 1.82) is 0 Å². The summed E-state index contributed by atoms with van der Waals surface area (Å²) in [6, 6.07) is 55.9. The lowest BCUT2D eigenvalue weighted by atomic mass is 9.66. The molecule has 1 aliphatic carbocycles. The molecule has 0 fully saturated rings. The number of fused-ring (bicyclic) bond motifs is 13. The van der Waals surface area contributed by atoms with E-state index in [2.05, 4.69) is 126 Å². The Morgan fingerprint density at radius 1 is 0.447 bits per heavy atom. The van der Waals surface area contributed by atoms with Gasteiger partial charge in [0.25, 0.3) is 0 Å². The third-order valence-corrected chi connectivity index (χ3v) is 12.1. The van der Waals surface area contributed by atoms with Crippen molar-refractivity contribution in [3.05, 3.63) is 186 Å². The third kappa shape index (κ3) is 3.32. The first-order chi connectivity index (χ1) is 23.1. The molecule has 2 heterocycles. The molecule has 0 bridgehead atoms. The summed E-state index contributed by atoms with van der Waals surface area (Å²) in [6.07, 6.45) is 0. The Labute approximate surface area is 272 Å². The Bertz CT molecular complexity index is 2640. The van der Waals surface area contributed by atoms with Crippen molar-refractivity contribution in [2.75, 3.05) is 0 Å². The van der Waals surface area contributed by atoms with Crippen LogP contribution in [0.5, 0.6) is 0 Å². The van der Waals surface area contributed by atoms with Crippen molar-refractivity contribution < 1.29 is 8.42 Å². The van der Waals surface area contributed by atoms with E-state index < -0.39 is 15.3 Å². The number of hydrogen-bond donors (Lipinski definition) is 0. The van der Waals surface area contributed by atoms with Gasteiger partial charge in [0.1, 0.15) is 0 Å². The van der Waals surface area contributed by atoms with Crippen molar-refractivity contribution in [3.63, 3.8) is 0 Å². The number of nitrogens with zero attached hydrogens (tertiary/aromatic N) is 1. The average molecular weight is 622 g/mol. The number of sulfone groups is 1. The average Bonchev–Trinajstić information content (AvgIpc) is 3.62. The van der Waals surface area contributed by atoms with Gasteiger partial charge in [-0.05, 0) is 75.3 Å². The maximum Gasteiger partial charge on any atom is 0.207 e. The SMILES string of the molecule is O=S1(=O)c2ccccc2C2(c3ccccc3-c3ccccc32)c2c1ccc1c2c2ccccc2n1-c1ccc(-c2ccccc2)cc1. The van der Waals surface area contributed by atoms with Crippen LogP contribution in [0.4, 0.5) is 0 Å². The minimum atomic E-state index is -3.83. The van der Waals surface area contributed by atoms with Crippen LogP contribution in [0, 0.1) is 0 Å². The van der Waals surface area contributed by atoms with Crippen molar-refractivity contribution in [2.24, 2.45) is 0 Å². The molecule has 0 saturated carbocycles. The van der Waals surface area contributed by atoms with E-state index in [1.54, 1.807) is 6.07 Å². The van der Waals surface area contributed by atoms with Gasteiger partial charge in [-0.2, -0.15) is 0 Å². The Balaban J connectivity index is 1.38. The normalized spacial score (nSPS) is 14.9. The Kier molecular flexibility index (Phi) is 5.31. The molecule has 1 aliphatic heterocycles. The van der Waals surface area contributed by atoms with Crippen LogP contribution in [0.3, 0.4) is 0 Å². The molecular formula is C43H27NO2S. The smallest absolute Gasteiger partial charge is 0.207 e. The summed E-state index contributed by atoms with van der Waals surface area (Å²) in [7, 11) is -3.83. The van der Waals surface area contributed by atoms with Crippen molar-refractivity contribution in [3.8, 4) is 27.9 Å². The highest BCUT2D eigenvalue weighted by Gasteiger charge is 2.54. The Morgan fingerprint density at radius 2 is 1.02 bits per heavy atom. The van der Waals surface area contributed by atoms with Gasteiger partial charge in [0.05, 0.1) is 26.2 Å². The number of benzene rings is 7. The zero-order valence-corrected chi connectivity index (χ0v) is 26.1. The lowest BCUT2D eigenvalue weighted by Gasteiger charge is -2.40. The van der Waals surface area contributed by atoms with Crippen LogP contribution in [0.2, 0.25) is 0 Å². The molecular weight excluding hydrogens is 595 g/mol. The standard InChI is InChI=1S/C43H27NO2S/c45-47(46)39-21-11-9-19-36(39)43(34-17-7-4-14-31(34)32-15-5-8-18-35(32)43)42-40(47)27-26-38-41(42)33-16-6-10-20-37(33)44(38)30-24-22-29(23-25-30)28-12-2-1-3-13-28/h1-27H. The summed E-state index contributed by atoms with van der Waals surface area (Å²) in [5.74, 6) is 0. The van der Waals surface area contributed by atoms with E-state index in [1.807, 2.05) is 36.4 Å². The number of rotatable bonds is 2. The highest BCUT2D eigenvalue weighted by Crippen LogP contribution is 2.62. The summed E-state index contributed by atoms with van der Waals surface area (Å²) in [6.45, 7) is 0. The molecule has 0 amide bonds. The summed E-state index contributed by atoms with van der Waals surface area (Å²) >= 11 is 0. The second kappa shape index (κ2) is 9.41. The molecule has 222 valence electrons. The van der Waals surface area contributed by atoms with E-state index >= 15 is 0 Å². The molecule has 4 heteroatoms. The van der Waals surface area contributed by atoms with Gasteiger partial charge < -0.3 is 4.57 Å². The fraction of sp³-hybridized carbons (Fsp3) is 0.0233. The summed E-state index contributed by atoms with van der Waals surface area (Å²) in [5, 5.41) is 2.00. The molecule has 2 aliphatic rings. The van der Waals surface area contributed by atoms with Gasteiger partial charge >= 0.3 is 0 Å². The van der Waals surface area contributed by atoms with Gasteiger partial charge in [-0.1, -0.05) is 127 Å². The molecule has 8 aromatic rings. The fourth-order valence-electron chi connectivity index (χ4n) is 8.41. The zero-order chi connectivity index (χ0) is 31.3. The molecule has 0 N–H and O–H groups in total. The first-order valence-electron chi connectivity index (χ1n) is 15.9. The molecule has 0 unspecified atom stereocenters. The van der Waals surface area contributed by atoms with E-state index in [1.165, 1.54) is 5.56 Å². The third-order valence-electron chi connectivity index (χ3n) is 10.2. The van der Waals surface area contributed by atoms with Gasteiger partial charge in [0.15, 0.2) is 0 Å². The molecule has 0 radical (unpaired) electrons. The predicted octanol–water partition coefficient (Wildman–Crippen LogP) is 9.96. The van der Waals surface area contributed by atoms with Crippen LogP contribution in [-0.2, 0) is 15.3 Å². The van der Waals surface area contributed by atoms with Crippen LogP contribution in [0.25, 0.3) is 49.7 Å². The number of aromatic nitrogens is 1.